The van der Waals surface area contributed by atoms with Crippen LogP contribution in [0.3, 0.4) is 0 Å². The highest BCUT2D eigenvalue weighted by atomic mass is 32.2. The SMILES string of the molecule is CC(C)C(O)CNC(=O)c1ccc(S(=O)(=O)N(C)C)o1. The van der Waals surface area contributed by atoms with Crippen LogP contribution >= 0.6 is 0 Å². The van der Waals surface area contributed by atoms with Gasteiger partial charge in [0.25, 0.3) is 15.9 Å². The number of hydrogen-bond acceptors (Lipinski definition) is 5. The zero-order chi connectivity index (χ0) is 15.5. The Kier molecular flexibility index (Phi) is 5.32. The minimum absolute atomic E-state index is 0.0107. The first-order valence-corrected chi connectivity index (χ1v) is 7.59. The second-order valence-electron chi connectivity index (χ2n) is 4.93. The fourth-order valence-electron chi connectivity index (χ4n) is 1.28. The van der Waals surface area contributed by atoms with Crippen molar-refractivity contribution in [1.29, 1.82) is 0 Å². The van der Waals surface area contributed by atoms with E-state index in [9.17, 15) is 18.3 Å². The molecular weight excluding hydrogens is 284 g/mol. The fourth-order valence-corrected chi connectivity index (χ4v) is 2.08. The Morgan fingerprint density at radius 3 is 2.50 bits per heavy atom. The van der Waals surface area contributed by atoms with Crippen molar-refractivity contribution < 1.29 is 22.7 Å². The quantitative estimate of drug-likeness (QED) is 0.786. The highest BCUT2D eigenvalue weighted by molar-refractivity contribution is 7.88. The number of hydrogen-bond donors (Lipinski definition) is 2. The molecule has 1 atom stereocenters. The molecule has 1 amide bonds. The van der Waals surface area contributed by atoms with Crippen LogP contribution in [0.15, 0.2) is 21.6 Å². The standard InChI is InChI=1S/C12H20N2O5S/c1-8(2)9(15)7-13-12(16)10-5-6-11(19-10)20(17,18)14(3)4/h5-6,8-9,15H,7H2,1-4H3,(H,13,16). The van der Waals surface area contributed by atoms with Crippen molar-refractivity contribution in [3.63, 3.8) is 0 Å². The molecule has 0 saturated carbocycles. The smallest absolute Gasteiger partial charge is 0.287 e. The summed E-state index contributed by atoms with van der Waals surface area (Å²) in [6.07, 6.45) is -0.668. The Hall–Kier alpha value is -1.38. The molecule has 1 rings (SSSR count). The lowest BCUT2D eigenvalue weighted by Crippen LogP contribution is -2.34. The van der Waals surface area contributed by atoms with Gasteiger partial charge in [-0.15, -0.1) is 0 Å². The molecule has 0 aliphatic carbocycles. The summed E-state index contributed by atoms with van der Waals surface area (Å²) in [7, 11) is -0.954. The van der Waals surface area contributed by atoms with E-state index in [1.54, 1.807) is 0 Å². The van der Waals surface area contributed by atoms with Crippen LogP contribution in [0.1, 0.15) is 24.4 Å². The van der Waals surface area contributed by atoms with E-state index in [4.69, 9.17) is 4.42 Å². The molecule has 0 aliphatic rings. The van der Waals surface area contributed by atoms with Gasteiger partial charge in [-0.1, -0.05) is 13.8 Å². The largest absolute Gasteiger partial charge is 0.438 e. The van der Waals surface area contributed by atoms with E-state index < -0.39 is 22.0 Å². The maximum atomic E-state index is 11.8. The van der Waals surface area contributed by atoms with Crippen LogP contribution in [0, 0.1) is 5.92 Å². The summed E-state index contributed by atoms with van der Waals surface area (Å²) in [5.74, 6) is -0.664. The first kappa shape index (κ1) is 16.7. The predicted molar refractivity (Wildman–Crippen MR) is 72.8 cm³/mol. The highest BCUT2D eigenvalue weighted by Gasteiger charge is 2.23. The van der Waals surface area contributed by atoms with Crippen molar-refractivity contribution in [2.75, 3.05) is 20.6 Å². The number of nitrogens with zero attached hydrogens (tertiary/aromatic N) is 1. The van der Waals surface area contributed by atoms with Crippen molar-refractivity contribution in [2.24, 2.45) is 5.92 Å². The number of carbonyl (C=O) groups is 1. The van der Waals surface area contributed by atoms with Gasteiger partial charge in [0.2, 0.25) is 5.09 Å². The topological polar surface area (TPSA) is 99.8 Å². The molecule has 0 saturated heterocycles. The number of aliphatic hydroxyl groups is 1. The molecule has 1 unspecified atom stereocenters. The Balaban J connectivity index is 2.75. The molecule has 1 heterocycles. The van der Waals surface area contributed by atoms with E-state index in [2.05, 4.69) is 5.32 Å². The van der Waals surface area contributed by atoms with Gasteiger partial charge in [-0.2, -0.15) is 0 Å². The molecule has 0 spiro atoms. The van der Waals surface area contributed by atoms with E-state index >= 15 is 0 Å². The van der Waals surface area contributed by atoms with Gasteiger partial charge in [-0.05, 0) is 18.1 Å². The third-order valence-electron chi connectivity index (χ3n) is 2.78. The third-order valence-corrected chi connectivity index (χ3v) is 4.47. The Bertz CT molecular complexity index is 562. The number of rotatable bonds is 6. The zero-order valence-electron chi connectivity index (χ0n) is 12.0. The molecule has 0 bridgehead atoms. The van der Waals surface area contributed by atoms with Crippen LogP contribution in [0.4, 0.5) is 0 Å². The molecule has 0 aliphatic heterocycles. The van der Waals surface area contributed by atoms with Crippen molar-refractivity contribution in [2.45, 2.75) is 25.0 Å². The molecule has 0 aromatic carbocycles. The number of aliphatic hydroxyl groups excluding tert-OH is 1. The highest BCUT2D eigenvalue weighted by Crippen LogP contribution is 2.16. The maximum Gasteiger partial charge on any atom is 0.287 e. The number of amides is 1. The van der Waals surface area contributed by atoms with Gasteiger partial charge in [0.15, 0.2) is 5.76 Å². The van der Waals surface area contributed by atoms with Crippen molar-refractivity contribution in [1.82, 2.24) is 9.62 Å². The molecule has 2 N–H and O–H groups in total. The molecule has 0 radical (unpaired) electrons. The van der Waals surface area contributed by atoms with E-state index in [1.807, 2.05) is 13.8 Å². The summed E-state index contributed by atoms with van der Waals surface area (Å²) in [6, 6.07) is 2.51. The number of carbonyl (C=O) groups excluding carboxylic acids is 1. The maximum absolute atomic E-state index is 11.8. The monoisotopic (exact) mass is 304 g/mol. The van der Waals surface area contributed by atoms with E-state index in [0.29, 0.717) is 0 Å². The number of nitrogens with one attached hydrogen (secondary N) is 1. The second kappa shape index (κ2) is 6.38. The van der Waals surface area contributed by atoms with Gasteiger partial charge in [0.1, 0.15) is 0 Å². The van der Waals surface area contributed by atoms with Crippen LogP contribution in [-0.2, 0) is 10.0 Å². The average molecular weight is 304 g/mol. The summed E-state index contributed by atoms with van der Waals surface area (Å²) < 4.78 is 29.6. The van der Waals surface area contributed by atoms with Crippen molar-refractivity contribution in [3.05, 3.63) is 17.9 Å². The lowest BCUT2D eigenvalue weighted by molar-refractivity contribution is 0.0842. The Morgan fingerprint density at radius 2 is 2.00 bits per heavy atom. The van der Waals surface area contributed by atoms with Gasteiger partial charge in [-0.25, -0.2) is 12.7 Å². The Morgan fingerprint density at radius 1 is 1.40 bits per heavy atom. The van der Waals surface area contributed by atoms with Crippen LogP contribution in [0.25, 0.3) is 0 Å². The Labute approximate surface area is 118 Å². The van der Waals surface area contributed by atoms with Crippen LogP contribution in [0.5, 0.6) is 0 Å². The molecule has 1 aromatic heterocycles. The zero-order valence-corrected chi connectivity index (χ0v) is 12.8. The van der Waals surface area contributed by atoms with Crippen LogP contribution in [-0.4, -0.2) is 50.5 Å². The van der Waals surface area contributed by atoms with Gasteiger partial charge < -0.3 is 14.8 Å². The van der Waals surface area contributed by atoms with Gasteiger partial charge >= 0.3 is 0 Å². The lowest BCUT2D eigenvalue weighted by atomic mass is 10.1. The van der Waals surface area contributed by atoms with Gasteiger partial charge in [0, 0.05) is 20.6 Å². The van der Waals surface area contributed by atoms with Crippen LogP contribution < -0.4 is 5.32 Å². The molecule has 0 fully saturated rings. The second-order valence-corrected chi connectivity index (χ2v) is 7.01. The molecule has 8 heteroatoms. The summed E-state index contributed by atoms with van der Waals surface area (Å²) in [5, 5.41) is 11.8. The van der Waals surface area contributed by atoms with Gasteiger partial charge in [0.05, 0.1) is 6.10 Å². The molecule has 114 valence electrons. The van der Waals surface area contributed by atoms with Crippen molar-refractivity contribution >= 4 is 15.9 Å². The summed E-state index contributed by atoms with van der Waals surface area (Å²) in [4.78, 5) is 11.8. The van der Waals surface area contributed by atoms with E-state index in [0.717, 1.165) is 4.31 Å². The number of sulfonamides is 1. The van der Waals surface area contributed by atoms with Crippen LogP contribution in [0.2, 0.25) is 0 Å². The summed E-state index contributed by atoms with van der Waals surface area (Å²) >= 11 is 0. The molecule has 20 heavy (non-hydrogen) atoms. The first-order chi connectivity index (χ1) is 9.16. The first-order valence-electron chi connectivity index (χ1n) is 6.15. The summed E-state index contributed by atoms with van der Waals surface area (Å²) in [5.41, 5.74) is 0. The van der Waals surface area contributed by atoms with E-state index in [-0.39, 0.29) is 23.3 Å². The number of furan rings is 1. The molecule has 7 nitrogen and oxygen atoms in total. The molecular formula is C12H20N2O5S. The fraction of sp³-hybridized carbons (Fsp3) is 0.583. The minimum Gasteiger partial charge on any atom is -0.438 e. The molecule has 1 aromatic rings. The lowest BCUT2D eigenvalue weighted by Gasteiger charge is -2.14. The minimum atomic E-state index is -3.70. The summed E-state index contributed by atoms with van der Waals surface area (Å²) in [6.45, 7) is 3.73. The van der Waals surface area contributed by atoms with Crippen molar-refractivity contribution in [3.8, 4) is 0 Å². The predicted octanol–water partition coefficient (Wildman–Crippen LogP) is 0.277. The third kappa shape index (κ3) is 3.81. The normalized spacial score (nSPS) is 13.8. The average Bonchev–Trinajstić information content (AvgIpc) is 2.85. The van der Waals surface area contributed by atoms with Gasteiger partial charge in [-0.3, -0.25) is 4.79 Å². The van der Waals surface area contributed by atoms with E-state index in [1.165, 1.54) is 26.2 Å².